The molecule has 0 aliphatic heterocycles. The molecule has 0 radical (unpaired) electrons. The van der Waals surface area contributed by atoms with Crippen LogP contribution in [0.15, 0.2) is 36.1 Å². The zero-order valence-corrected chi connectivity index (χ0v) is 18.4. The molecule has 0 heterocycles. The number of allylic oxidation sites excluding steroid dienone is 3. The molecule has 0 aliphatic carbocycles. The summed E-state index contributed by atoms with van der Waals surface area (Å²) in [4.78, 5) is 0. The van der Waals surface area contributed by atoms with Gasteiger partial charge in [-0.3, -0.25) is 0 Å². The van der Waals surface area contributed by atoms with E-state index in [0.29, 0.717) is 11.8 Å². The highest BCUT2D eigenvalue weighted by Crippen LogP contribution is 2.31. The minimum absolute atomic E-state index is 0.107. The molecule has 3 heteroatoms. The van der Waals surface area contributed by atoms with Crippen LogP contribution in [0.2, 0.25) is 0 Å². The lowest BCUT2D eigenvalue weighted by molar-refractivity contribution is 0.279. The van der Waals surface area contributed by atoms with Gasteiger partial charge in [-0.1, -0.05) is 80.9 Å². The van der Waals surface area contributed by atoms with Crippen LogP contribution in [-0.2, 0) is 4.74 Å². The molecule has 4 unspecified atom stereocenters. The maximum Gasteiger partial charge on any atom is 0.200 e. The van der Waals surface area contributed by atoms with Crippen LogP contribution < -0.4 is 0 Å². The SMILES string of the molecule is C=C(OC)/C(F)=C(/F)C(=C)C(C)CCC(C)C(C)CCC(C)CC.CC. The van der Waals surface area contributed by atoms with Crippen LogP contribution in [0, 0.1) is 23.7 Å². The van der Waals surface area contributed by atoms with Gasteiger partial charge < -0.3 is 4.74 Å². The van der Waals surface area contributed by atoms with Crippen LogP contribution in [0.1, 0.15) is 80.6 Å². The van der Waals surface area contributed by atoms with Gasteiger partial charge in [0.05, 0.1) is 7.11 Å². The first-order valence-electron chi connectivity index (χ1n) is 10.1. The van der Waals surface area contributed by atoms with Crippen LogP contribution in [0.3, 0.4) is 0 Å². The second-order valence-electron chi connectivity index (χ2n) is 7.30. The molecular formula is C23H42F2O. The van der Waals surface area contributed by atoms with Crippen molar-refractivity contribution in [3.8, 4) is 0 Å². The van der Waals surface area contributed by atoms with Gasteiger partial charge >= 0.3 is 0 Å². The van der Waals surface area contributed by atoms with Crippen molar-refractivity contribution in [3.63, 3.8) is 0 Å². The Labute approximate surface area is 161 Å². The zero-order valence-electron chi connectivity index (χ0n) is 18.4. The Kier molecular flexibility index (Phi) is 15.6. The quantitative estimate of drug-likeness (QED) is 0.247. The lowest BCUT2D eigenvalue weighted by atomic mass is 9.83. The first-order chi connectivity index (χ1) is 12.1. The minimum atomic E-state index is -1.05. The fraction of sp³-hybridized carbons (Fsp3) is 0.739. The first kappa shape index (κ1) is 27.1. The molecule has 0 saturated heterocycles. The summed E-state index contributed by atoms with van der Waals surface area (Å²) >= 11 is 0. The molecular weight excluding hydrogens is 330 g/mol. The van der Waals surface area contributed by atoms with Gasteiger partial charge in [0.2, 0.25) is 0 Å². The van der Waals surface area contributed by atoms with Crippen molar-refractivity contribution in [1.82, 2.24) is 0 Å². The molecule has 0 aromatic heterocycles. The van der Waals surface area contributed by atoms with E-state index >= 15 is 0 Å². The molecule has 0 aromatic carbocycles. The Hall–Kier alpha value is -1.12. The topological polar surface area (TPSA) is 9.23 Å². The summed E-state index contributed by atoms with van der Waals surface area (Å²) in [5, 5.41) is 0. The Morgan fingerprint density at radius 1 is 0.846 bits per heavy atom. The molecule has 0 aromatic rings. The van der Waals surface area contributed by atoms with Crippen LogP contribution >= 0.6 is 0 Å². The first-order valence-corrected chi connectivity index (χ1v) is 10.1. The molecule has 0 saturated carbocycles. The molecule has 4 atom stereocenters. The van der Waals surface area contributed by atoms with Crippen molar-refractivity contribution < 1.29 is 13.5 Å². The Balaban J connectivity index is 0. The smallest absolute Gasteiger partial charge is 0.200 e. The van der Waals surface area contributed by atoms with E-state index in [1.807, 2.05) is 20.8 Å². The summed E-state index contributed by atoms with van der Waals surface area (Å²) in [6.07, 6.45) is 5.49. The number of rotatable bonds is 12. The predicted molar refractivity (Wildman–Crippen MR) is 111 cm³/mol. The molecule has 0 fully saturated rings. The lowest BCUT2D eigenvalue weighted by Crippen LogP contribution is -2.12. The monoisotopic (exact) mass is 372 g/mol. The molecule has 0 aliphatic rings. The van der Waals surface area contributed by atoms with E-state index in [1.54, 1.807) is 0 Å². The van der Waals surface area contributed by atoms with Crippen molar-refractivity contribution in [3.05, 3.63) is 36.1 Å². The maximum atomic E-state index is 14.1. The molecule has 0 amide bonds. The normalized spacial score (nSPS) is 16.4. The maximum absolute atomic E-state index is 14.1. The number of ether oxygens (including phenoxy) is 1. The van der Waals surface area contributed by atoms with Crippen LogP contribution in [-0.4, -0.2) is 7.11 Å². The van der Waals surface area contributed by atoms with Crippen molar-refractivity contribution in [2.45, 2.75) is 80.6 Å². The number of hydrogen-bond acceptors (Lipinski definition) is 1. The molecule has 0 N–H and O–H groups in total. The third-order valence-corrected chi connectivity index (χ3v) is 5.40. The van der Waals surface area contributed by atoms with Crippen molar-refractivity contribution in [2.24, 2.45) is 23.7 Å². The second-order valence-corrected chi connectivity index (χ2v) is 7.30. The average molecular weight is 373 g/mol. The van der Waals surface area contributed by atoms with E-state index in [1.165, 1.54) is 26.4 Å². The van der Waals surface area contributed by atoms with Gasteiger partial charge in [0.15, 0.2) is 11.7 Å². The van der Waals surface area contributed by atoms with E-state index in [0.717, 1.165) is 18.8 Å². The summed E-state index contributed by atoms with van der Waals surface area (Å²) < 4.78 is 32.5. The fourth-order valence-corrected chi connectivity index (χ4v) is 2.58. The summed E-state index contributed by atoms with van der Waals surface area (Å²) in [7, 11) is 1.27. The third-order valence-electron chi connectivity index (χ3n) is 5.40. The van der Waals surface area contributed by atoms with E-state index in [4.69, 9.17) is 0 Å². The van der Waals surface area contributed by atoms with Gasteiger partial charge in [0, 0.05) is 0 Å². The predicted octanol–water partition coefficient (Wildman–Crippen LogP) is 8.39. The highest BCUT2D eigenvalue weighted by molar-refractivity contribution is 5.33. The van der Waals surface area contributed by atoms with Gasteiger partial charge in [-0.15, -0.1) is 0 Å². The van der Waals surface area contributed by atoms with Gasteiger partial charge in [0.25, 0.3) is 0 Å². The van der Waals surface area contributed by atoms with Gasteiger partial charge in [-0.05, 0) is 42.1 Å². The molecule has 0 bridgehead atoms. The molecule has 0 spiro atoms. The van der Waals surface area contributed by atoms with E-state index in [-0.39, 0.29) is 17.3 Å². The number of methoxy groups -OCH3 is 1. The zero-order chi connectivity index (χ0) is 20.9. The molecule has 154 valence electrons. The number of hydrogen-bond donors (Lipinski definition) is 0. The van der Waals surface area contributed by atoms with Crippen LogP contribution in [0.25, 0.3) is 0 Å². The summed E-state index contributed by atoms with van der Waals surface area (Å²) in [6.45, 7) is 22.0. The van der Waals surface area contributed by atoms with Crippen molar-refractivity contribution in [1.29, 1.82) is 0 Å². The molecule has 0 rings (SSSR count). The highest BCUT2D eigenvalue weighted by Gasteiger charge is 2.20. The van der Waals surface area contributed by atoms with Gasteiger partial charge in [-0.2, -0.15) is 4.39 Å². The van der Waals surface area contributed by atoms with E-state index in [9.17, 15) is 8.78 Å². The lowest BCUT2D eigenvalue weighted by Gasteiger charge is -2.23. The standard InChI is InChI=1S/C21H36F2O.C2H6/c1-9-14(2)10-11-15(3)16(4)12-13-17(5)18(6)20(22)21(23)19(7)24-8;1-2/h14-17H,6-7,9-13H2,1-5,8H3;1-2H3/b21-20-;. The largest absolute Gasteiger partial charge is 0.494 e. The molecule has 1 nitrogen and oxygen atoms in total. The summed E-state index contributed by atoms with van der Waals surface area (Å²) in [5.74, 6) is -0.414. The summed E-state index contributed by atoms with van der Waals surface area (Å²) in [6, 6.07) is 0. The fourth-order valence-electron chi connectivity index (χ4n) is 2.58. The third kappa shape index (κ3) is 10.1. The Bertz CT molecular complexity index is 439. The molecule has 26 heavy (non-hydrogen) atoms. The van der Waals surface area contributed by atoms with Gasteiger partial charge in [0.1, 0.15) is 5.76 Å². The van der Waals surface area contributed by atoms with Gasteiger partial charge in [-0.25, -0.2) is 4.39 Å². The highest BCUT2D eigenvalue weighted by atomic mass is 19.2. The minimum Gasteiger partial charge on any atom is -0.494 e. The van der Waals surface area contributed by atoms with E-state index in [2.05, 4.69) is 45.6 Å². The average Bonchev–Trinajstić information content (AvgIpc) is 2.68. The van der Waals surface area contributed by atoms with Crippen LogP contribution in [0.4, 0.5) is 8.78 Å². The van der Waals surface area contributed by atoms with Crippen molar-refractivity contribution in [2.75, 3.05) is 7.11 Å². The summed E-state index contributed by atoms with van der Waals surface area (Å²) in [5.41, 5.74) is 0.185. The van der Waals surface area contributed by atoms with E-state index < -0.39 is 11.7 Å². The Morgan fingerprint density at radius 3 is 1.73 bits per heavy atom. The number of halogens is 2. The Morgan fingerprint density at radius 2 is 1.31 bits per heavy atom. The van der Waals surface area contributed by atoms with Crippen LogP contribution in [0.5, 0.6) is 0 Å². The second kappa shape index (κ2) is 15.0. The van der Waals surface area contributed by atoms with Crippen molar-refractivity contribution >= 4 is 0 Å².